The number of methoxy groups -OCH3 is 1. The van der Waals surface area contributed by atoms with Crippen molar-refractivity contribution in [2.24, 2.45) is 0 Å². The van der Waals surface area contributed by atoms with Crippen molar-refractivity contribution in [3.63, 3.8) is 0 Å². The molecule has 6 aromatic carbocycles. The maximum atomic E-state index is 13.1. The third-order valence-electron chi connectivity index (χ3n) is 11.4. The van der Waals surface area contributed by atoms with Crippen LogP contribution in [0.5, 0.6) is 0 Å². The van der Waals surface area contributed by atoms with Gasteiger partial charge in [0.2, 0.25) is 0 Å². The highest BCUT2D eigenvalue weighted by Crippen LogP contribution is 2.32. The van der Waals surface area contributed by atoms with Gasteiger partial charge in [0, 0.05) is 81.3 Å². The molecule has 0 spiro atoms. The summed E-state index contributed by atoms with van der Waals surface area (Å²) in [5.41, 5.74) is 7.04. The van der Waals surface area contributed by atoms with Gasteiger partial charge < -0.3 is 25.6 Å². The summed E-state index contributed by atoms with van der Waals surface area (Å²) in [6.45, 7) is 12.1. The molecule has 9 rings (SSSR count). The predicted octanol–water partition coefficient (Wildman–Crippen LogP) is 13.2. The molecule has 17 heteroatoms. The van der Waals surface area contributed by atoms with Crippen molar-refractivity contribution in [1.29, 1.82) is 0 Å². The van der Waals surface area contributed by atoms with Crippen LogP contribution in [0.4, 0.5) is 0 Å². The zero-order valence-corrected chi connectivity index (χ0v) is 51.5. The molecule has 0 aliphatic rings. The molecule has 3 aromatic heterocycles. The van der Waals surface area contributed by atoms with Gasteiger partial charge in [-0.2, -0.15) is 0 Å². The van der Waals surface area contributed by atoms with E-state index in [2.05, 4.69) is 182 Å². The van der Waals surface area contributed by atoms with E-state index < -0.39 is 0 Å². The van der Waals surface area contributed by atoms with Crippen LogP contribution >= 0.6 is 136 Å². The van der Waals surface area contributed by atoms with E-state index >= 15 is 0 Å². The number of fused-ring (bicyclic) bond motifs is 6. The second kappa shape index (κ2) is 25.8. The topological polar surface area (TPSA) is 138 Å². The Bertz CT molecular complexity index is 3260. The highest BCUT2D eigenvalue weighted by molar-refractivity contribution is 14.1. The average Bonchev–Trinajstić information content (AvgIpc) is 3.34. The van der Waals surface area contributed by atoms with Crippen molar-refractivity contribution in [1.82, 2.24) is 35.8 Å². The standard InChI is InChI=1S/C20H21I2N3O.C18H17I2N3O.C15H9I2NO2.H2/c1-3-25(4-2)10-9-23-20(26)19-15-11-13(21)5-7-17(15)24-18-8-6-14(22)12-16(18)19;1-2-21-7-8-22-18(24)17-13-9-11(19)3-5-15(13)23-16-6-4-12(20)10-14(16)17;1-20-15(19)14-10-6-8(16)2-4-12(10)18-13-5-3-9(17)7-11(13)14;/h5-8,11-12H,3-4,9-10H2,1-2H3,(H,23,26);3-6,9-10,21H,2,7-8H2,1H3,(H,22,24);2-7H,1H3;1H. The zero-order chi connectivity index (χ0) is 50.1. The molecular weight excluding hydrogens is 1560 g/mol. The number of esters is 1. The summed E-state index contributed by atoms with van der Waals surface area (Å²) in [7, 11) is 1.41. The first-order valence-electron chi connectivity index (χ1n) is 22.4. The van der Waals surface area contributed by atoms with Crippen LogP contribution in [0.3, 0.4) is 0 Å². The van der Waals surface area contributed by atoms with E-state index in [0.717, 1.165) is 125 Å². The van der Waals surface area contributed by atoms with Gasteiger partial charge in [0.1, 0.15) is 0 Å². The molecule has 0 bridgehead atoms. The van der Waals surface area contributed by atoms with Gasteiger partial charge in [-0.1, -0.05) is 20.8 Å². The van der Waals surface area contributed by atoms with Gasteiger partial charge in [0.25, 0.3) is 11.8 Å². The summed E-state index contributed by atoms with van der Waals surface area (Å²) < 4.78 is 11.5. The van der Waals surface area contributed by atoms with Crippen LogP contribution in [0.1, 0.15) is 53.3 Å². The fraction of sp³-hybridized carbons (Fsp3) is 0.208. The summed E-state index contributed by atoms with van der Waals surface area (Å²) in [6.07, 6.45) is 0. The molecule has 70 heavy (non-hydrogen) atoms. The number of likely N-dealkylation sites (N-methyl/N-ethyl adjacent to an activating group) is 2. The summed E-state index contributed by atoms with van der Waals surface area (Å²) in [4.78, 5) is 54.6. The molecule has 9 aromatic rings. The largest absolute Gasteiger partial charge is 0.465 e. The second-order valence-corrected chi connectivity index (χ2v) is 23.3. The lowest BCUT2D eigenvalue weighted by Gasteiger charge is -2.18. The Labute approximate surface area is 489 Å². The Morgan fingerprint density at radius 2 is 0.771 bits per heavy atom. The Morgan fingerprint density at radius 3 is 1.06 bits per heavy atom. The van der Waals surface area contributed by atoms with Crippen LogP contribution in [0, 0.1) is 21.4 Å². The fourth-order valence-corrected chi connectivity index (χ4v) is 10.9. The number of halogens is 6. The Hall–Kier alpha value is -2.96. The number of benzene rings is 6. The van der Waals surface area contributed by atoms with E-state index in [9.17, 15) is 14.4 Å². The van der Waals surface area contributed by atoms with Crippen LogP contribution in [0.25, 0.3) is 65.4 Å². The number of amides is 2. The number of nitrogens with zero attached hydrogens (tertiary/aromatic N) is 4. The van der Waals surface area contributed by atoms with Crippen molar-refractivity contribution in [3.05, 3.63) is 147 Å². The smallest absolute Gasteiger partial charge is 0.339 e. The van der Waals surface area contributed by atoms with E-state index in [4.69, 9.17) is 14.7 Å². The molecule has 11 nitrogen and oxygen atoms in total. The maximum absolute atomic E-state index is 13.1. The number of carbonyl (C=O) groups is 3. The van der Waals surface area contributed by atoms with Crippen molar-refractivity contribution in [2.75, 3.05) is 52.9 Å². The minimum atomic E-state index is -0.327. The normalized spacial score (nSPS) is 11.2. The molecule has 0 unspecified atom stereocenters. The molecule has 362 valence electrons. The van der Waals surface area contributed by atoms with E-state index in [1.807, 2.05) is 109 Å². The molecule has 3 N–H and O–H groups in total. The van der Waals surface area contributed by atoms with Crippen LogP contribution in [0.15, 0.2) is 109 Å². The Balaban J connectivity index is 0.000000174. The van der Waals surface area contributed by atoms with Crippen LogP contribution in [-0.4, -0.2) is 90.6 Å². The monoisotopic (exact) mass is 1610 g/mol. The minimum Gasteiger partial charge on any atom is -0.465 e. The summed E-state index contributed by atoms with van der Waals surface area (Å²) in [5, 5.41) is 14.6. The maximum Gasteiger partial charge on any atom is 0.339 e. The SMILES string of the molecule is CCN(CC)CCNC(=O)c1c2cc(I)ccc2nc2ccc(I)cc12.CCNCCNC(=O)c1c2cc(I)ccc2nc2ccc(I)cc12.COC(=O)c1c2cc(I)ccc2nc2ccc(I)cc12.[HH]. The lowest BCUT2D eigenvalue weighted by molar-refractivity contribution is 0.0604. The molecule has 0 aliphatic heterocycles. The molecule has 2 amide bonds. The predicted molar refractivity (Wildman–Crippen MR) is 339 cm³/mol. The quantitative estimate of drug-likeness (QED) is 0.0472. The lowest BCUT2D eigenvalue weighted by Crippen LogP contribution is -2.35. The second-order valence-electron chi connectivity index (χ2n) is 15.8. The molecule has 0 fully saturated rings. The van der Waals surface area contributed by atoms with E-state index in [1.165, 1.54) is 7.11 Å². The van der Waals surface area contributed by atoms with Crippen molar-refractivity contribution >= 4 is 219 Å². The number of carbonyl (C=O) groups excluding carboxylic acids is 3. The molecular formula is C53H49I6N7O4. The molecule has 0 aliphatic carbocycles. The zero-order valence-electron chi connectivity index (χ0n) is 38.5. The van der Waals surface area contributed by atoms with Gasteiger partial charge in [0.05, 0.1) is 56.9 Å². The Morgan fingerprint density at radius 1 is 0.471 bits per heavy atom. The third kappa shape index (κ3) is 13.4. The average molecular weight is 1610 g/mol. The lowest BCUT2D eigenvalue weighted by atomic mass is 10.0. The van der Waals surface area contributed by atoms with Crippen molar-refractivity contribution < 1.29 is 20.5 Å². The van der Waals surface area contributed by atoms with Crippen LogP contribution in [-0.2, 0) is 4.74 Å². The van der Waals surface area contributed by atoms with Crippen molar-refractivity contribution in [3.8, 4) is 0 Å². The molecule has 0 saturated carbocycles. The first kappa shape index (κ1) is 54.8. The van der Waals surface area contributed by atoms with E-state index in [1.54, 1.807) is 0 Å². The number of rotatable bonds is 12. The van der Waals surface area contributed by atoms with Gasteiger partial charge in [-0.25, -0.2) is 19.7 Å². The number of hydrogen-bond donors (Lipinski definition) is 3. The first-order valence-corrected chi connectivity index (χ1v) is 28.8. The van der Waals surface area contributed by atoms with E-state index in [-0.39, 0.29) is 19.2 Å². The van der Waals surface area contributed by atoms with Crippen LogP contribution < -0.4 is 16.0 Å². The van der Waals surface area contributed by atoms with Gasteiger partial charge >= 0.3 is 5.97 Å². The van der Waals surface area contributed by atoms with Crippen molar-refractivity contribution in [2.45, 2.75) is 20.8 Å². The number of nitrogens with one attached hydrogen (secondary N) is 3. The van der Waals surface area contributed by atoms with E-state index in [0.29, 0.717) is 24.2 Å². The number of ether oxygens (including phenoxy) is 1. The third-order valence-corrected chi connectivity index (χ3v) is 15.4. The van der Waals surface area contributed by atoms with Gasteiger partial charge in [-0.05, 0) is 264 Å². The summed E-state index contributed by atoms with van der Waals surface area (Å²) >= 11 is 13.5. The van der Waals surface area contributed by atoms with Gasteiger partial charge in [0.15, 0.2) is 0 Å². The number of hydrogen-bond acceptors (Lipinski definition) is 9. The Kier molecular flexibility index (Phi) is 20.2. The molecule has 0 atom stereocenters. The minimum absolute atomic E-state index is 0. The highest BCUT2D eigenvalue weighted by atomic mass is 127. The molecule has 3 heterocycles. The number of pyridine rings is 3. The molecule has 0 saturated heterocycles. The molecule has 0 radical (unpaired) electrons. The highest BCUT2D eigenvalue weighted by Gasteiger charge is 2.20. The van der Waals surface area contributed by atoms with Crippen LogP contribution in [0.2, 0.25) is 0 Å². The summed E-state index contributed by atoms with van der Waals surface area (Å²) in [5.74, 6) is -0.403. The van der Waals surface area contributed by atoms with Gasteiger partial charge in [-0.15, -0.1) is 0 Å². The summed E-state index contributed by atoms with van der Waals surface area (Å²) in [6, 6.07) is 35.9. The fourth-order valence-electron chi connectivity index (χ4n) is 7.96. The van der Waals surface area contributed by atoms with Gasteiger partial charge in [-0.3, -0.25) is 9.59 Å². The first-order chi connectivity index (χ1) is 33.7. The number of aromatic nitrogens is 3.